The third-order valence-electron chi connectivity index (χ3n) is 5.46. The Balaban J connectivity index is 1.44. The second kappa shape index (κ2) is 8.40. The van der Waals surface area contributed by atoms with Crippen LogP contribution < -0.4 is 0 Å². The average molecular weight is 455 g/mol. The molecule has 2 amide bonds. The van der Waals surface area contributed by atoms with E-state index in [2.05, 4.69) is 0 Å². The van der Waals surface area contributed by atoms with Gasteiger partial charge in [0.1, 0.15) is 0 Å². The number of aromatic nitrogens is 1. The Kier molecular flexibility index (Phi) is 5.27. The monoisotopic (exact) mass is 455 g/mol. The van der Waals surface area contributed by atoms with Gasteiger partial charge < -0.3 is 4.57 Å². The minimum Gasteiger partial charge on any atom is -0.317 e. The number of non-ortho nitro benzene ring substituents is 1. The Bertz CT molecular complexity index is 1450. The van der Waals surface area contributed by atoms with Crippen molar-refractivity contribution in [3.05, 3.63) is 111 Å². The Hall–Kier alpha value is -4.17. The summed E-state index contributed by atoms with van der Waals surface area (Å²) in [5.41, 5.74) is 2.11. The zero-order valence-electron chi connectivity index (χ0n) is 17.3. The first-order valence-electron chi connectivity index (χ1n) is 10.2. The predicted octanol–water partition coefficient (Wildman–Crippen LogP) is 5.78. The molecule has 0 saturated carbocycles. The van der Waals surface area contributed by atoms with Crippen LogP contribution in [0, 0.1) is 10.1 Å². The largest absolute Gasteiger partial charge is 0.317 e. The van der Waals surface area contributed by atoms with Crippen molar-refractivity contribution in [2.24, 2.45) is 0 Å². The maximum atomic E-state index is 13.1. The molecule has 1 fully saturated rings. The van der Waals surface area contributed by atoms with Gasteiger partial charge in [0.2, 0.25) is 0 Å². The molecule has 5 rings (SSSR count). The molecule has 33 heavy (non-hydrogen) atoms. The number of carbonyl (C=O) groups excluding carboxylic acids is 2. The van der Waals surface area contributed by atoms with Gasteiger partial charge in [-0.2, -0.15) is 0 Å². The Morgan fingerprint density at radius 3 is 2.58 bits per heavy atom. The number of amides is 2. The first-order valence-corrected chi connectivity index (χ1v) is 11.0. The molecule has 0 aliphatic carbocycles. The molecular formula is C25H17N3O4S. The number of carbonyl (C=O) groups is 2. The highest BCUT2D eigenvalue weighted by atomic mass is 32.2. The van der Waals surface area contributed by atoms with E-state index in [-0.39, 0.29) is 23.4 Å². The van der Waals surface area contributed by atoms with Crippen LogP contribution in [-0.4, -0.2) is 25.5 Å². The molecule has 1 saturated heterocycles. The van der Waals surface area contributed by atoms with E-state index >= 15 is 0 Å². The molecule has 0 atom stereocenters. The Labute approximate surface area is 193 Å². The highest BCUT2D eigenvalue weighted by Crippen LogP contribution is 2.34. The van der Waals surface area contributed by atoms with Crippen molar-refractivity contribution in [3.63, 3.8) is 0 Å². The fourth-order valence-electron chi connectivity index (χ4n) is 3.87. The lowest BCUT2D eigenvalue weighted by Crippen LogP contribution is -2.27. The number of hydrogen-bond acceptors (Lipinski definition) is 5. The molecule has 1 aliphatic heterocycles. The summed E-state index contributed by atoms with van der Waals surface area (Å²) in [6.07, 6.45) is 3.40. The number of nitro benzene ring substituents is 1. The van der Waals surface area contributed by atoms with E-state index in [0.717, 1.165) is 28.1 Å². The number of fused-ring (bicyclic) bond motifs is 1. The van der Waals surface area contributed by atoms with Gasteiger partial charge in [-0.15, -0.1) is 0 Å². The molecular weight excluding hydrogens is 438 g/mol. The third-order valence-corrected chi connectivity index (χ3v) is 6.37. The number of nitro groups is 1. The van der Waals surface area contributed by atoms with Gasteiger partial charge in [0.25, 0.3) is 16.8 Å². The number of nitrogens with zero attached hydrogens (tertiary/aromatic N) is 3. The number of rotatable bonds is 5. The summed E-state index contributed by atoms with van der Waals surface area (Å²) in [4.78, 5) is 38.0. The molecule has 0 N–H and O–H groups in total. The summed E-state index contributed by atoms with van der Waals surface area (Å²) in [5, 5.41) is 12.9. The third kappa shape index (κ3) is 3.92. The summed E-state index contributed by atoms with van der Waals surface area (Å²) in [6, 6.07) is 23.5. The van der Waals surface area contributed by atoms with Crippen LogP contribution in [-0.2, 0) is 11.3 Å². The van der Waals surface area contributed by atoms with Crippen LogP contribution in [0.1, 0.15) is 11.3 Å². The van der Waals surface area contributed by atoms with Crippen molar-refractivity contribution in [2.45, 2.75) is 6.54 Å². The lowest BCUT2D eigenvalue weighted by molar-refractivity contribution is -0.384. The summed E-state index contributed by atoms with van der Waals surface area (Å²) in [7, 11) is 0. The fraction of sp³-hybridized carbons (Fsp3) is 0.0400. The minimum atomic E-state index is -0.453. The molecule has 162 valence electrons. The van der Waals surface area contributed by atoms with E-state index in [1.165, 1.54) is 17.0 Å². The second-order valence-electron chi connectivity index (χ2n) is 7.49. The van der Waals surface area contributed by atoms with Crippen LogP contribution in [0.15, 0.2) is 90.0 Å². The van der Waals surface area contributed by atoms with Crippen molar-refractivity contribution < 1.29 is 14.5 Å². The topological polar surface area (TPSA) is 85.5 Å². The molecule has 0 radical (unpaired) electrons. The van der Waals surface area contributed by atoms with Crippen molar-refractivity contribution in [1.82, 2.24) is 9.47 Å². The summed E-state index contributed by atoms with van der Waals surface area (Å²) < 4.78 is 1.74. The fourth-order valence-corrected chi connectivity index (χ4v) is 4.70. The highest BCUT2D eigenvalue weighted by Gasteiger charge is 2.35. The van der Waals surface area contributed by atoms with Gasteiger partial charge in [-0.25, -0.2) is 0 Å². The molecule has 1 aromatic heterocycles. The molecule has 7 nitrogen and oxygen atoms in total. The van der Waals surface area contributed by atoms with Gasteiger partial charge in [0, 0.05) is 24.0 Å². The van der Waals surface area contributed by atoms with Crippen LogP contribution in [0.4, 0.5) is 10.5 Å². The van der Waals surface area contributed by atoms with E-state index in [4.69, 9.17) is 0 Å². The van der Waals surface area contributed by atoms with Crippen molar-refractivity contribution in [3.8, 4) is 5.69 Å². The number of hydrogen-bond donors (Lipinski definition) is 0. The average Bonchev–Trinajstić information content (AvgIpc) is 3.39. The van der Waals surface area contributed by atoms with Gasteiger partial charge in [-0.3, -0.25) is 24.6 Å². The normalized spacial score (nSPS) is 15.0. The summed E-state index contributed by atoms with van der Waals surface area (Å²) in [6.45, 7) is 0.190. The molecule has 3 aromatic carbocycles. The van der Waals surface area contributed by atoms with Crippen LogP contribution >= 0.6 is 11.8 Å². The molecule has 0 unspecified atom stereocenters. The van der Waals surface area contributed by atoms with Crippen molar-refractivity contribution in [2.75, 3.05) is 0 Å². The van der Waals surface area contributed by atoms with E-state index < -0.39 is 4.92 Å². The zero-order valence-corrected chi connectivity index (χ0v) is 18.1. The summed E-state index contributed by atoms with van der Waals surface area (Å²) >= 11 is 0.894. The van der Waals surface area contributed by atoms with Gasteiger partial charge in [-0.05, 0) is 52.4 Å². The molecule has 0 spiro atoms. The lowest BCUT2D eigenvalue weighted by atomic mass is 10.0. The predicted molar refractivity (Wildman–Crippen MR) is 128 cm³/mol. The number of thioether (sulfide) groups is 1. The van der Waals surface area contributed by atoms with Gasteiger partial charge in [0.05, 0.1) is 22.1 Å². The maximum Gasteiger partial charge on any atom is 0.293 e. The second-order valence-corrected chi connectivity index (χ2v) is 8.48. The molecule has 1 aliphatic rings. The van der Waals surface area contributed by atoms with Gasteiger partial charge >= 0.3 is 0 Å². The molecule has 4 aromatic rings. The highest BCUT2D eigenvalue weighted by molar-refractivity contribution is 8.18. The number of benzene rings is 3. The molecule has 8 heteroatoms. The summed E-state index contributed by atoms with van der Waals surface area (Å²) in [5.74, 6) is -0.357. The first kappa shape index (κ1) is 20.7. The molecule has 2 heterocycles. The quantitative estimate of drug-likeness (QED) is 0.216. The smallest absolute Gasteiger partial charge is 0.293 e. The van der Waals surface area contributed by atoms with Crippen molar-refractivity contribution in [1.29, 1.82) is 0 Å². The first-order chi connectivity index (χ1) is 16.0. The van der Waals surface area contributed by atoms with Crippen LogP contribution in [0.2, 0.25) is 0 Å². The van der Waals surface area contributed by atoms with E-state index in [1.54, 1.807) is 41.1 Å². The van der Waals surface area contributed by atoms with E-state index in [0.29, 0.717) is 16.3 Å². The SMILES string of the molecule is O=C1S/C(=C\c2cccn2-c2cccc([N+](=O)[O-])c2)C(=O)N1Cc1cccc2ccccc12. The van der Waals surface area contributed by atoms with Crippen LogP contribution in [0.5, 0.6) is 0 Å². The van der Waals surface area contributed by atoms with E-state index in [1.807, 2.05) is 42.5 Å². The van der Waals surface area contributed by atoms with Gasteiger partial charge in [0.15, 0.2) is 0 Å². The Morgan fingerprint density at radius 2 is 1.73 bits per heavy atom. The maximum absolute atomic E-state index is 13.1. The zero-order chi connectivity index (χ0) is 22.9. The van der Waals surface area contributed by atoms with E-state index in [9.17, 15) is 19.7 Å². The van der Waals surface area contributed by atoms with Crippen LogP contribution in [0.25, 0.3) is 22.5 Å². The Morgan fingerprint density at radius 1 is 0.939 bits per heavy atom. The lowest BCUT2D eigenvalue weighted by Gasteiger charge is -2.14. The van der Waals surface area contributed by atoms with Crippen LogP contribution in [0.3, 0.4) is 0 Å². The van der Waals surface area contributed by atoms with Gasteiger partial charge in [-0.1, -0.05) is 48.5 Å². The van der Waals surface area contributed by atoms with Crippen molar-refractivity contribution >= 4 is 45.4 Å². The standard InChI is InChI=1S/C25H17N3O4S/c29-24-23(15-20-11-5-13-26(20)19-9-4-10-21(14-19)28(31)32)33-25(30)27(24)16-18-8-3-7-17-6-1-2-12-22(17)18/h1-15H,16H2/b23-15-. The minimum absolute atomic E-state index is 0.0254. The molecule has 0 bridgehead atoms. The number of imide groups is 1.